The Morgan fingerprint density at radius 3 is 2.46 bits per heavy atom. The maximum atomic E-state index is 13.2. The Morgan fingerprint density at radius 1 is 1.04 bits per heavy atom. The van der Waals surface area contributed by atoms with Crippen molar-refractivity contribution in [1.82, 2.24) is 9.88 Å². The van der Waals surface area contributed by atoms with E-state index in [1.807, 2.05) is 24.3 Å². The predicted octanol–water partition coefficient (Wildman–Crippen LogP) is 5.02. The van der Waals surface area contributed by atoms with Crippen LogP contribution in [-0.4, -0.2) is 34.0 Å². The average molecular weight is 391 g/mol. The van der Waals surface area contributed by atoms with Crippen LogP contribution in [0.25, 0.3) is 11.1 Å². The van der Waals surface area contributed by atoms with Crippen molar-refractivity contribution in [2.24, 2.45) is 0 Å². The third-order valence-corrected chi connectivity index (χ3v) is 6.53. The molecule has 2 aliphatic heterocycles. The molecule has 142 valence electrons. The molecule has 0 radical (unpaired) electrons. The zero-order chi connectivity index (χ0) is 18.9. The van der Waals surface area contributed by atoms with E-state index in [2.05, 4.69) is 38.8 Å². The summed E-state index contributed by atoms with van der Waals surface area (Å²) in [4.78, 5) is 19.4. The van der Waals surface area contributed by atoms with E-state index in [-0.39, 0.29) is 24.1 Å². The van der Waals surface area contributed by atoms with E-state index in [0.29, 0.717) is 0 Å². The lowest BCUT2D eigenvalue weighted by molar-refractivity contribution is 0.0358. The molecular formula is C23H22N2O2S. The lowest BCUT2D eigenvalue weighted by Crippen LogP contribution is -2.49. The summed E-state index contributed by atoms with van der Waals surface area (Å²) in [6.07, 6.45) is 7.59. The molecule has 0 spiro atoms. The first kappa shape index (κ1) is 17.4. The zero-order valence-electron chi connectivity index (χ0n) is 15.5. The topological polar surface area (TPSA) is 42.4 Å². The number of ether oxygens (including phenoxy) is 1. The van der Waals surface area contributed by atoms with Gasteiger partial charge in [0.05, 0.1) is 6.20 Å². The first-order chi connectivity index (χ1) is 13.8. The number of nitrogens with zero attached hydrogens (tertiary/aromatic N) is 2. The highest BCUT2D eigenvalue weighted by atomic mass is 32.1. The van der Waals surface area contributed by atoms with Crippen LogP contribution in [0.15, 0.2) is 65.6 Å². The number of piperidine rings is 1. The predicted molar refractivity (Wildman–Crippen MR) is 111 cm³/mol. The van der Waals surface area contributed by atoms with Gasteiger partial charge in [0.1, 0.15) is 11.9 Å². The minimum absolute atomic E-state index is 0.157. The summed E-state index contributed by atoms with van der Waals surface area (Å²) in [5, 5.41) is 4.20. The number of fused-ring (bicyclic) bond motifs is 2. The van der Waals surface area contributed by atoms with Crippen LogP contribution in [0.1, 0.15) is 36.0 Å². The number of carbonyl (C=O) groups is 1. The third kappa shape index (κ3) is 3.31. The maximum Gasteiger partial charge on any atom is 0.254 e. The molecule has 0 aliphatic carbocycles. The van der Waals surface area contributed by atoms with Crippen molar-refractivity contribution in [3.05, 3.63) is 71.2 Å². The number of amides is 1. The Kier molecular flexibility index (Phi) is 4.61. The van der Waals surface area contributed by atoms with Crippen LogP contribution < -0.4 is 4.74 Å². The van der Waals surface area contributed by atoms with Crippen molar-refractivity contribution in [2.75, 3.05) is 0 Å². The van der Waals surface area contributed by atoms with E-state index in [1.165, 1.54) is 5.56 Å². The third-order valence-electron chi connectivity index (χ3n) is 5.85. The minimum atomic E-state index is 0.157. The number of thiophene rings is 1. The quantitative estimate of drug-likeness (QED) is 0.628. The summed E-state index contributed by atoms with van der Waals surface area (Å²) in [5.41, 5.74) is 3.14. The van der Waals surface area contributed by atoms with Crippen molar-refractivity contribution in [3.8, 4) is 16.9 Å². The minimum Gasteiger partial charge on any atom is -0.489 e. The van der Waals surface area contributed by atoms with Crippen molar-refractivity contribution < 1.29 is 9.53 Å². The number of hydrogen-bond donors (Lipinski definition) is 0. The summed E-state index contributed by atoms with van der Waals surface area (Å²) >= 11 is 1.69. The van der Waals surface area contributed by atoms with Gasteiger partial charge >= 0.3 is 0 Å². The molecule has 2 aromatic heterocycles. The van der Waals surface area contributed by atoms with Crippen LogP contribution in [0.5, 0.6) is 5.75 Å². The van der Waals surface area contributed by atoms with Gasteiger partial charge < -0.3 is 9.64 Å². The van der Waals surface area contributed by atoms with Crippen molar-refractivity contribution >= 4 is 17.2 Å². The SMILES string of the molecule is O=C(c1ccc(-c2ccsc2)cc1)N1C2CCC1CC(Oc1cccnc1)C2. The number of carbonyl (C=O) groups excluding carboxylic acids is 1. The standard InChI is InChI=1S/C23H22N2O2S/c26-23(17-5-3-16(4-6-17)18-9-11-28-15-18)25-19-7-8-20(25)13-22(12-19)27-21-2-1-10-24-14-21/h1-6,9-11,14-15,19-20,22H,7-8,12-13H2. The van der Waals surface area contributed by atoms with Gasteiger partial charge in [-0.1, -0.05) is 12.1 Å². The van der Waals surface area contributed by atoms with Crippen LogP contribution >= 0.6 is 11.3 Å². The van der Waals surface area contributed by atoms with E-state index in [0.717, 1.165) is 42.6 Å². The van der Waals surface area contributed by atoms with Crippen molar-refractivity contribution in [1.29, 1.82) is 0 Å². The summed E-state index contributed by atoms with van der Waals surface area (Å²) in [5.74, 6) is 0.972. The molecule has 0 N–H and O–H groups in total. The lowest BCUT2D eigenvalue weighted by atomic mass is 9.98. The fraction of sp³-hybridized carbons (Fsp3) is 0.304. The Bertz CT molecular complexity index is 927. The largest absolute Gasteiger partial charge is 0.489 e. The molecular weight excluding hydrogens is 368 g/mol. The number of benzene rings is 1. The molecule has 1 aromatic carbocycles. The van der Waals surface area contributed by atoms with E-state index in [9.17, 15) is 4.79 Å². The average Bonchev–Trinajstić information content (AvgIpc) is 3.35. The molecule has 3 aromatic rings. The molecule has 5 heteroatoms. The fourth-order valence-electron chi connectivity index (χ4n) is 4.55. The Morgan fingerprint density at radius 2 is 1.82 bits per heavy atom. The molecule has 2 saturated heterocycles. The monoisotopic (exact) mass is 390 g/mol. The molecule has 0 saturated carbocycles. The van der Waals surface area contributed by atoms with E-state index >= 15 is 0 Å². The number of rotatable bonds is 4. The molecule has 28 heavy (non-hydrogen) atoms. The second-order valence-corrected chi connectivity index (χ2v) is 8.37. The van der Waals surface area contributed by atoms with Crippen LogP contribution in [0.2, 0.25) is 0 Å². The molecule has 2 bridgehead atoms. The van der Waals surface area contributed by atoms with Crippen LogP contribution in [0.3, 0.4) is 0 Å². The highest BCUT2D eigenvalue weighted by molar-refractivity contribution is 7.08. The molecule has 4 nitrogen and oxygen atoms in total. The fourth-order valence-corrected chi connectivity index (χ4v) is 5.21. The number of aromatic nitrogens is 1. The summed E-state index contributed by atoms with van der Waals surface area (Å²) < 4.78 is 6.13. The summed E-state index contributed by atoms with van der Waals surface area (Å²) in [7, 11) is 0. The highest BCUT2D eigenvalue weighted by Crippen LogP contribution is 2.38. The van der Waals surface area contributed by atoms with Crippen molar-refractivity contribution in [2.45, 2.75) is 43.9 Å². The lowest BCUT2D eigenvalue weighted by Gasteiger charge is -2.39. The van der Waals surface area contributed by atoms with E-state index < -0.39 is 0 Å². The highest BCUT2D eigenvalue weighted by Gasteiger charge is 2.44. The Balaban J connectivity index is 1.29. The van der Waals surface area contributed by atoms with Gasteiger partial charge in [0.2, 0.25) is 0 Å². The van der Waals surface area contributed by atoms with Gasteiger partial charge in [-0.15, -0.1) is 0 Å². The zero-order valence-corrected chi connectivity index (χ0v) is 16.3. The van der Waals surface area contributed by atoms with Crippen molar-refractivity contribution in [3.63, 3.8) is 0 Å². The van der Waals surface area contributed by atoms with Gasteiger partial charge in [0.25, 0.3) is 5.91 Å². The van der Waals surface area contributed by atoms with Gasteiger partial charge in [-0.05, 0) is 65.1 Å². The number of pyridine rings is 1. The van der Waals surface area contributed by atoms with Gasteiger partial charge in [0.15, 0.2) is 0 Å². The summed E-state index contributed by atoms with van der Waals surface area (Å²) in [6.45, 7) is 0. The number of hydrogen-bond acceptors (Lipinski definition) is 4. The Hall–Kier alpha value is -2.66. The van der Waals surface area contributed by atoms with E-state index in [1.54, 1.807) is 23.7 Å². The van der Waals surface area contributed by atoms with Crippen LogP contribution in [-0.2, 0) is 0 Å². The molecule has 2 atom stereocenters. The maximum absolute atomic E-state index is 13.2. The smallest absolute Gasteiger partial charge is 0.254 e. The molecule has 2 fully saturated rings. The van der Waals surface area contributed by atoms with Crippen LogP contribution in [0, 0.1) is 0 Å². The summed E-state index contributed by atoms with van der Waals surface area (Å²) in [6, 6.07) is 14.5. The molecule has 1 amide bonds. The van der Waals surface area contributed by atoms with Gasteiger partial charge in [-0.3, -0.25) is 9.78 Å². The Labute approximate surface area is 168 Å². The first-order valence-corrected chi connectivity index (χ1v) is 10.7. The second-order valence-electron chi connectivity index (χ2n) is 7.59. The van der Waals surface area contributed by atoms with Crippen LogP contribution in [0.4, 0.5) is 0 Å². The van der Waals surface area contributed by atoms with Gasteiger partial charge in [-0.2, -0.15) is 11.3 Å². The molecule has 4 heterocycles. The van der Waals surface area contributed by atoms with Gasteiger partial charge in [-0.25, -0.2) is 0 Å². The second kappa shape index (κ2) is 7.40. The first-order valence-electron chi connectivity index (χ1n) is 9.80. The molecule has 2 unspecified atom stereocenters. The molecule has 2 aliphatic rings. The van der Waals surface area contributed by atoms with E-state index in [4.69, 9.17) is 4.74 Å². The molecule has 5 rings (SSSR count). The normalized spacial score (nSPS) is 23.6. The van der Waals surface area contributed by atoms with Gasteiger partial charge in [0, 0.05) is 36.7 Å².